The van der Waals surface area contributed by atoms with E-state index < -0.39 is 11.4 Å². The van der Waals surface area contributed by atoms with Crippen molar-refractivity contribution in [2.75, 3.05) is 0 Å². The molecule has 2 aromatic carbocycles. The molecule has 0 bridgehead atoms. The van der Waals surface area contributed by atoms with Crippen LogP contribution in [0.15, 0.2) is 42.5 Å². The van der Waals surface area contributed by atoms with Crippen molar-refractivity contribution in [1.29, 1.82) is 0 Å². The van der Waals surface area contributed by atoms with E-state index in [1.165, 1.54) is 11.6 Å². The van der Waals surface area contributed by atoms with Crippen molar-refractivity contribution >= 4 is 11.6 Å². The Morgan fingerprint density at radius 3 is 2.81 bits per heavy atom. The van der Waals surface area contributed by atoms with E-state index in [0.717, 1.165) is 17.5 Å². The minimum absolute atomic E-state index is 0.114. The summed E-state index contributed by atoms with van der Waals surface area (Å²) in [7, 11) is 0. The largest absolute Gasteiger partial charge is 0.385 e. The molecule has 1 aliphatic rings. The molecule has 2 atom stereocenters. The zero-order chi connectivity index (χ0) is 15.0. The van der Waals surface area contributed by atoms with Crippen LogP contribution in [0.25, 0.3) is 0 Å². The first-order valence-corrected chi connectivity index (χ1v) is 7.63. The van der Waals surface area contributed by atoms with E-state index in [-0.39, 0.29) is 5.02 Å². The van der Waals surface area contributed by atoms with Crippen molar-refractivity contribution in [1.82, 2.24) is 0 Å². The summed E-state index contributed by atoms with van der Waals surface area (Å²) in [5, 5.41) is 11.2. The zero-order valence-electron chi connectivity index (χ0n) is 11.9. The molecule has 0 spiro atoms. The SMILES string of the molecule is CC1CCC(O)(Cc2ccc(Cl)c(F)c2)c2ccccc21. The minimum Gasteiger partial charge on any atom is -0.385 e. The van der Waals surface area contributed by atoms with Crippen LogP contribution in [-0.2, 0) is 12.0 Å². The molecule has 110 valence electrons. The first kappa shape index (κ1) is 14.6. The molecule has 21 heavy (non-hydrogen) atoms. The van der Waals surface area contributed by atoms with Gasteiger partial charge < -0.3 is 5.11 Å². The molecule has 0 aromatic heterocycles. The number of hydrogen-bond acceptors (Lipinski definition) is 1. The summed E-state index contributed by atoms with van der Waals surface area (Å²) in [6.07, 6.45) is 2.03. The molecule has 3 heteroatoms. The lowest BCUT2D eigenvalue weighted by Gasteiger charge is -2.37. The van der Waals surface area contributed by atoms with Gasteiger partial charge in [0, 0.05) is 6.42 Å². The lowest BCUT2D eigenvalue weighted by Crippen LogP contribution is -2.34. The third kappa shape index (κ3) is 2.70. The van der Waals surface area contributed by atoms with Crippen LogP contribution in [0.4, 0.5) is 4.39 Å². The van der Waals surface area contributed by atoms with Crippen LogP contribution in [-0.4, -0.2) is 5.11 Å². The summed E-state index contributed by atoms with van der Waals surface area (Å²) in [6.45, 7) is 2.18. The van der Waals surface area contributed by atoms with E-state index in [9.17, 15) is 9.50 Å². The summed E-state index contributed by atoms with van der Waals surface area (Å²) in [4.78, 5) is 0. The number of halogens is 2. The monoisotopic (exact) mass is 304 g/mol. The molecule has 0 fully saturated rings. The highest BCUT2D eigenvalue weighted by Gasteiger charge is 2.36. The number of fused-ring (bicyclic) bond motifs is 1. The normalized spacial score (nSPS) is 24.7. The molecule has 0 saturated heterocycles. The number of rotatable bonds is 2. The van der Waals surface area contributed by atoms with Crippen molar-refractivity contribution in [2.24, 2.45) is 0 Å². The summed E-state index contributed by atoms with van der Waals surface area (Å²) < 4.78 is 13.6. The lowest BCUT2D eigenvalue weighted by molar-refractivity contribution is 0.0158. The molecule has 0 heterocycles. The Bertz CT molecular complexity index is 670. The predicted molar refractivity (Wildman–Crippen MR) is 83.1 cm³/mol. The van der Waals surface area contributed by atoms with Gasteiger partial charge in [-0.05, 0) is 47.6 Å². The van der Waals surface area contributed by atoms with Gasteiger partial charge in [0.1, 0.15) is 5.82 Å². The Hall–Kier alpha value is -1.38. The molecule has 1 aliphatic carbocycles. The third-order valence-electron chi connectivity index (χ3n) is 4.46. The van der Waals surface area contributed by atoms with Crippen LogP contribution in [0.5, 0.6) is 0 Å². The highest BCUT2D eigenvalue weighted by Crippen LogP contribution is 2.43. The van der Waals surface area contributed by atoms with Crippen molar-refractivity contribution in [3.05, 3.63) is 70.0 Å². The Kier molecular flexibility index (Phi) is 3.76. The van der Waals surface area contributed by atoms with Gasteiger partial charge in [-0.15, -0.1) is 0 Å². The Morgan fingerprint density at radius 2 is 2.05 bits per heavy atom. The fraction of sp³-hybridized carbons (Fsp3) is 0.333. The van der Waals surface area contributed by atoms with Gasteiger partial charge in [-0.3, -0.25) is 0 Å². The second-order valence-corrected chi connectivity index (χ2v) is 6.39. The Morgan fingerprint density at radius 1 is 1.29 bits per heavy atom. The van der Waals surface area contributed by atoms with Crippen LogP contribution in [0.2, 0.25) is 5.02 Å². The van der Waals surface area contributed by atoms with E-state index in [1.54, 1.807) is 12.1 Å². The van der Waals surface area contributed by atoms with Crippen molar-refractivity contribution in [2.45, 2.75) is 37.7 Å². The summed E-state index contributed by atoms with van der Waals surface area (Å²) in [5.41, 5.74) is 2.01. The van der Waals surface area contributed by atoms with Crippen LogP contribution in [0.1, 0.15) is 42.4 Å². The maximum absolute atomic E-state index is 13.6. The highest BCUT2D eigenvalue weighted by atomic mass is 35.5. The van der Waals surface area contributed by atoms with E-state index in [4.69, 9.17) is 11.6 Å². The molecule has 3 rings (SSSR count). The van der Waals surface area contributed by atoms with Gasteiger partial charge in [-0.2, -0.15) is 0 Å². The first-order chi connectivity index (χ1) is 9.99. The number of hydrogen-bond donors (Lipinski definition) is 1. The van der Waals surface area contributed by atoms with Gasteiger partial charge in [0.05, 0.1) is 10.6 Å². The van der Waals surface area contributed by atoms with Gasteiger partial charge in [0.15, 0.2) is 0 Å². The van der Waals surface area contributed by atoms with E-state index in [2.05, 4.69) is 13.0 Å². The minimum atomic E-state index is -0.927. The highest BCUT2D eigenvalue weighted by molar-refractivity contribution is 6.30. The topological polar surface area (TPSA) is 20.2 Å². The maximum Gasteiger partial charge on any atom is 0.142 e. The molecule has 1 nitrogen and oxygen atoms in total. The fourth-order valence-corrected chi connectivity index (χ4v) is 3.38. The average Bonchev–Trinajstić information content (AvgIpc) is 2.48. The fourth-order valence-electron chi connectivity index (χ4n) is 3.27. The van der Waals surface area contributed by atoms with Crippen molar-refractivity contribution in [3.63, 3.8) is 0 Å². The molecular weight excluding hydrogens is 287 g/mol. The number of benzene rings is 2. The van der Waals surface area contributed by atoms with E-state index in [0.29, 0.717) is 18.8 Å². The maximum atomic E-state index is 13.6. The lowest BCUT2D eigenvalue weighted by atomic mass is 9.72. The van der Waals surface area contributed by atoms with Gasteiger partial charge in [0.25, 0.3) is 0 Å². The molecule has 2 aromatic rings. The quantitative estimate of drug-likeness (QED) is 0.844. The van der Waals surface area contributed by atoms with Gasteiger partial charge in [-0.1, -0.05) is 48.9 Å². The zero-order valence-corrected chi connectivity index (χ0v) is 12.7. The molecule has 2 unspecified atom stereocenters. The Labute approximate surface area is 129 Å². The van der Waals surface area contributed by atoms with Gasteiger partial charge in [-0.25, -0.2) is 4.39 Å². The van der Waals surface area contributed by atoms with E-state index in [1.807, 2.05) is 18.2 Å². The standard InChI is InChI=1S/C18H18ClFO/c1-12-8-9-18(21,15-5-3-2-4-14(12)15)11-13-6-7-16(19)17(20)10-13/h2-7,10,12,21H,8-9,11H2,1H3. The predicted octanol–water partition coefficient (Wildman–Crippen LogP) is 4.81. The van der Waals surface area contributed by atoms with Crippen molar-refractivity contribution in [3.8, 4) is 0 Å². The summed E-state index contributed by atoms with van der Waals surface area (Å²) in [5.74, 6) is 0.0126. The van der Waals surface area contributed by atoms with Crippen molar-refractivity contribution < 1.29 is 9.50 Å². The third-order valence-corrected chi connectivity index (χ3v) is 4.77. The van der Waals surface area contributed by atoms with Gasteiger partial charge >= 0.3 is 0 Å². The summed E-state index contributed by atoms with van der Waals surface area (Å²) >= 11 is 5.72. The van der Waals surface area contributed by atoms with E-state index >= 15 is 0 Å². The van der Waals surface area contributed by atoms with Gasteiger partial charge in [0.2, 0.25) is 0 Å². The molecular formula is C18H18ClFO. The molecule has 0 radical (unpaired) electrons. The molecule has 0 aliphatic heterocycles. The smallest absolute Gasteiger partial charge is 0.142 e. The number of aliphatic hydroxyl groups is 1. The molecule has 0 saturated carbocycles. The van der Waals surface area contributed by atoms with Crippen LogP contribution in [0.3, 0.4) is 0 Å². The summed E-state index contributed by atoms with van der Waals surface area (Å²) in [6, 6.07) is 12.8. The first-order valence-electron chi connectivity index (χ1n) is 7.25. The van der Waals surface area contributed by atoms with Crippen LogP contribution < -0.4 is 0 Å². The molecule has 0 amide bonds. The molecule has 1 N–H and O–H groups in total. The van der Waals surface area contributed by atoms with Crippen LogP contribution in [0, 0.1) is 5.82 Å². The average molecular weight is 305 g/mol. The Balaban J connectivity index is 1.97. The second-order valence-electron chi connectivity index (χ2n) is 5.98. The second kappa shape index (κ2) is 5.43. The van der Waals surface area contributed by atoms with Crippen LogP contribution >= 0.6 is 11.6 Å².